The molecule has 0 radical (unpaired) electrons. The van der Waals surface area contributed by atoms with Gasteiger partial charge in [0, 0.05) is 11.8 Å². The summed E-state index contributed by atoms with van der Waals surface area (Å²) in [5.74, 6) is 0. The van der Waals surface area contributed by atoms with Crippen molar-refractivity contribution in [1.82, 2.24) is 0 Å². The highest BCUT2D eigenvalue weighted by Gasteiger charge is 1.85. The van der Waals surface area contributed by atoms with Crippen LogP contribution in [0.15, 0.2) is 24.3 Å². The van der Waals surface area contributed by atoms with Crippen molar-refractivity contribution in [2.45, 2.75) is 0 Å². The van der Waals surface area contributed by atoms with Crippen molar-refractivity contribution in [2.75, 3.05) is 5.73 Å². The molecule has 0 aromatic heterocycles. The lowest BCUT2D eigenvalue weighted by molar-refractivity contribution is -2.00. The summed E-state index contributed by atoms with van der Waals surface area (Å²) in [7, 11) is -4.94. The van der Waals surface area contributed by atoms with E-state index in [1.54, 1.807) is 0 Å². The quantitative estimate of drug-likeness (QED) is 0.412. The van der Waals surface area contributed by atoms with E-state index in [1.807, 2.05) is 24.3 Å². The fourth-order valence-corrected chi connectivity index (χ4v) is 0.593. The van der Waals surface area contributed by atoms with E-state index in [9.17, 15) is 0 Å². The van der Waals surface area contributed by atoms with Gasteiger partial charge >= 0.3 is 0 Å². The fraction of sp³-hybridized carbons (Fsp3) is 0. The Morgan fingerprint density at radius 2 is 1.62 bits per heavy atom. The van der Waals surface area contributed by atoms with Gasteiger partial charge in [-0.3, -0.25) is 0 Å². The van der Waals surface area contributed by atoms with E-state index in [0.29, 0.717) is 0 Å². The van der Waals surface area contributed by atoms with Crippen LogP contribution in [0.2, 0.25) is 0 Å². The van der Waals surface area contributed by atoms with Crippen LogP contribution in [0, 0.1) is 10.2 Å². The summed E-state index contributed by atoms with van der Waals surface area (Å²) in [6, 6.07) is 7.47. The zero-order valence-corrected chi connectivity index (χ0v) is 7.36. The molecule has 0 spiro atoms. The number of nitrogens with two attached hydrogens (primary N) is 1. The fourth-order valence-electron chi connectivity index (χ4n) is 0.593. The molecule has 0 saturated heterocycles. The van der Waals surface area contributed by atoms with E-state index in [0.717, 1.165) is 11.4 Å². The monoisotopic (exact) mass is 208 g/mol. The van der Waals surface area contributed by atoms with Gasteiger partial charge in [0.2, 0.25) is 0 Å². The number of quaternary nitrogens is 1. The lowest BCUT2D eigenvalue weighted by atomic mass is 10.3. The summed E-state index contributed by atoms with van der Waals surface area (Å²) in [5, 5.41) is 0. The van der Waals surface area contributed by atoms with E-state index in [-0.39, 0.29) is 0 Å². The number of nitrogen functional groups attached to an aromatic ring is 1. The summed E-state index contributed by atoms with van der Waals surface area (Å²) in [6.07, 6.45) is 0. The van der Waals surface area contributed by atoms with E-state index in [1.165, 1.54) is 0 Å². The Kier molecular flexibility index (Phi) is 4.63. The van der Waals surface area contributed by atoms with E-state index >= 15 is 0 Å². The Balaban J connectivity index is 0.000000252. The highest BCUT2D eigenvalue weighted by atomic mass is 35.7. The van der Waals surface area contributed by atoms with Crippen molar-refractivity contribution in [2.24, 2.45) is 0 Å². The smallest absolute Gasteiger partial charge is 0.129 e. The lowest BCUT2D eigenvalue weighted by Crippen LogP contribution is -2.68. The zero-order valence-electron chi connectivity index (χ0n) is 6.60. The first-order valence-corrected chi connectivity index (χ1v) is 4.32. The van der Waals surface area contributed by atoms with E-state index < -0.39 is 10.2 Å². The second-order valence-electron chi connectivity index (χ2n) is 2.12. The maximum atomic E-state index is 8.49. The Bertz CT molecular complexity index is 240. The first-order valence-electron chi connectivity index (χ1n) is 3.08. The summed E-state index contributed by atoms with van der Waals surface area (Å²) >= 11 is 0. The third kappa shape index (κ3) is 11.1. The van der Waals surface area contributed by atoms with Gasteiger partial charge in [-0.25, -0.2) is 18.6 Å². The molecule has 0 aliphatic heterocycles. The third-order valence-corrected chi connectivity index (χ3v) is 0.951. The highest BCUT2D eigenvalue weighted by Crippen LogP contribution is 2.04. The molecule has 0 unspecified atom stereocenters. The molecule has 1 aromatic rings. The molecule has 13 heavy (non-hydrogen) atoms. The predicted octanol–water partition coefficient (Wildman–Crippen LogP) is -4.61. The Morgan fingerprint density at radius 3 is 1.85 bits per heavy atom. The van der Waals surface area contributed by atoms with Crippen molar-refractivity contribution in [3.63, 3.8) is 0 Å². The van der Waals surface area contributed by atoms with E-state index in [4.69, 9.17) is 24.4 Å². The molecule has 0 bridgehead atoms. The second-order valence-corrected chi connectivity index (χ2v) is 2.88. The molecular formula is C6H9ClN2O4. The molecule has 0 aliphatic rings. The number of anilines is 1. The van der Waals surface area contributed by atoms with Gasteiger partial charge in [0.05, 0.1) is 0 Å². The van der Waals surface area contributed by atoms with Gasteiger partial charge in [-0.15, -0.1) is 10.2 Å². The maximum Gasteiger partial charge on any atom is 0.129 e. The Morgan fingerprint density at radius 1 is 1.15 bits per heavy atom. The van der Waals surface area contributed by atoms with Gasteiger partial charge in [0.1, 0.15) is 5.69 Å². The topological polar surface area (TPSA) is 146 Å². The van der Waals surface area contributed by atoms with Gasteiger partial charge in [0.25, 0.3) is 0 Å². The maximum absolute atomic E-state index is 8.49. The molecular weight excluding hydrogens is 200 g/mol. The number of rotatable bonds is 0. The standard InChI is InChI=1S/C6H8N2.ClHO4/c7-5-2-1-3-6(8)4-5;2-1(3,4)5/h1-4H,7-8H2;(H,2,3,4,5). The van der Waals surface area contributed by atoms with E-state index in [2.05, 4.69) is 5.73 Å². The normalized spacial score (nSPS) is 10.2. The largest absolute Gasteiger partial charge is 0.399 e. The summed E-state index contributed by atoms with van der Waals surface area (Å²) in [5.41, 5.74) is 10.9. The average molecular weight is 209 g/mol. The summed E-state index contributed by atoms with van der Waals surface area (Å²) in [4.78, 5) is 0. The zero-order chi connectivity index (χ0) is 10.5. The molecule has 5 N–H and O–H groups in total. The average Bonchev–Trinajstić information content (AvgIpc) is 1.81. The molecule has 1 aromatic carbocycles. The molecule has 0 heterocycles. The molecule has 0 atom stereocenters. The molecule has 0 saturated carbocycles. The van der Waals surface area contributed by atoms with Crippen LogP contribution < -0.4 is 30.1 Å². The number of benzene rings is 1. The number of hydrogen-bond donors (Lipinski definition) is 2. The van der Waals surface area contributed by atoms with Crippen LogP contribution in [0.3, 0.4) is 0 Å². The van der Waals surface area contributed by atoms with Crippen LogP contribution in [0.4, 0.5) is 11.4 Å². The van der Waals surface area contributed by atoms with Crippen molar-refractivity contribution in [3.8, 4) is 0 Å². The highest BCUT2D eigenvalue weighted by molar-refractivity contribution is 5.45. The molecule has 7 heteroatoms. The van der Waals surface area contributed by atoms with Crippen LogP contribution in [-0.2, 0) is 0 Å². The number of hydrogen-bond acceptors (Lipinski definition) is 5. The van der Waals surface area contributed by atoms with Crippen LogP contribution >= 0.6 is 0 Å². The van der Waals surface area contributed by atoms with Gasteiger partial charge < -0.3 is 11.5 Å². The molecule has 0 amide bonds. The van der Waals surface area contributed by atoms with Crippen LogP contribution in [0.1, 0.15) is 0 Å². The minimum atomic E-state index is -4.94. The van der Waals surface area contributed by atoms with Gasteiger partial charge in [-0.2, -0.15) is 0 Å². The van der Waals surface area contributed by atoms with Crippen LogP contribution in [0.25, 0.3) is 0 Å². The second kappa shape index (κ2) is 4.97. The van der Waals surface area contributed by atoms with Gasteiger partial charge in [-0.05, 0) is 12.1 Å². The predicted molar refractivity (Wildman–Crippen MR) is 33.4 cm³/mol. The molecule has 0 fully saturated rings. The van der Waals surface area contributed by atoms with Crippen LogP contribution in [0.5, 0.6) is 0 Å². The third-order valence-electron chi connectivity index (χ3n) is 0.951. The van der Waals surface area contributed by atoms with Crippen molar-refractivity contribution < 1.29 is 34.6 Å². The number of halogens is 1. The van der Waals surface area contributed by atoms with Crippen LogP contribution in [-0.4, -0.2) is 0 Å². The van der Waals surface area contributed by atoms with Crippen molar-refractivity contribution >= 4 is 11.4 Å². The van der Waals surface area contributed by atoms with Gasteiger partial charge in [0.15, 0.2) is 0 Å². The minimum absolute atomic E-state index is 0.775. The Labute approximate surface area is 76.8 Å². The molecule has 0 aliphatic carbocycles. The lowest BCUT2D eigenvalue weighted by Gasteiger charge is -2.17. The van der Waals surface area contributed by atoms with Crippen molar-refractivity contribution in [3.05, 3.63) is 24.3 Å². The first kappa shape index (κ1) is 12.1. The first-order chi connectivity index (χ1) is 5.79. The molecule has 6 nitrogen and oxygen atoms in total. The minimum Gasteiger partial charge on any atom is -0.399 e. The molecule has 74 valence electrons. The summed E-state index contributed by atoms with van der Waals surface area (Å²) in [6.45, 7) is 0. The van der Waals surface area contributed by atoms with Gasteiger partial charge in [-0.1, -0.05) is 6.07 Å². The SMILES string of the molecule is Nc1cccc([NH3+])c1.[O-][Cl+3]([O-])([O-])[O-]. The van der Waals surface area contributed by atoms with Crippen molar-refractivity contribution in [1.29, 1.82) is 0 Å². The molecule has 1 rings (SSSR count). The summed E-state index contributed by atoms with van der Waals surface area (Å²) < 4.78 is 34.0. The Hall–Kier alpha value is -0.890.